The van der Waals surface area contributed by atoms with Gasteiger partial charge in [-0.1, -0.05) is 6.07 Å². The molecule has 0 radical (unpaired) electrons. The van der Waals surface area contributed by atoms with Crippen molar-refractivity contribution in [2.24, 2.45) is 16.8 Å². The van der Waals surface area contributed by atoms with E-state index < -0.39 is 17.7 Å². The second kappa shape index (κ2) is 8.09. The number of aliphatic hydroxyl groups excluding tert-OH is 1. The SMILES string of the molecule is Cc1sc(-c2cccnc2)nc1N1CCC2=NC(c3c(F)cccc3F)C(CO)C2C1. The van der Waals surface area contributed by atoms with Gasteiger partial charge in [0.15, 0.2) is 0 Å². The van der Waals surface area contributed by atoms with Crippen LogP contribution >= 0.6 is 11.3 Å². The van der Waals surface area contributed by atoms with E-state index in [-0.39, 0.29) is 24.0 Å². The standard InChI is InChI=1S/C23H22F2N4OS/c1-13-22(28-23(31-13)14-4-3-8-26-10-14)29-9-7-19-15(11-29)16(12-30)21(27-19)20-17(24)5-2-6-18(20)25/h2-6,8,10,15-16,21,30H,7,9,11-12H2,1H3. The first-order valence-corrected chi connectivity index (χ1v) is 11.1. The molecule has 0 aliphatic carbocycles. The van der Waals surface area contributed by atoms with Crippen LogP contribution in [-0.2, 0) is 0 Å². The Kier molecular flexibility index (Phi) is 5.27. The van der Waals surface area contributed by atoms with Gasteiger partial charge in [-0.15, -0.1) is 11.3 Å². The number of piperidine rings is 1. The van der Waals surface area contributed by atoms with Crippen LogP contribution in [0.1, 0.15) is 22.9 Å². The minimum absolute atomic E-state index is 0.0429. The molecule has 8 heteroatoms. The van der Waals surface area contributed by atoms with Crippen molar-refractivity contribution in [3.63, 3.8) is 0 Å². The van der Waals surface area contributed by atoms with Crippen molar-refractivity contribution in [3.05, 3.63) is 64.8 Å². The molecule has 0 amide bonds. The van der Waals surface area contributed by atoms with Gasteiger partial charge < -0.3 is 10.0 Å². The number of aryl methyl sites for hydroxylation is 1. The molecule has 5 rings (SSSR count). The zero-order valence-electron chi connectivity index (χ0n) is 17.0. The molecule has 160 valence electrons. The highest BCUT2D eigenvalue weighted by molar-refractivity contribution is 7.15. The molecular weight excluding hydrogens is 418 g/mol. The van der Waals surface area contributed by atoms with E-state index in [9.17, 15) is 13.9 Å². The Morgan fingerprint density at radius 3 is 2.71 bits per heavy atom. The lowest BCUT2D eigenvalue weighted by Crippen LogP contribution is -2.43. The molecule has 1 N–H and O–H groups in total. The van der Waals surface area contributed by atoms with Crippen LogP contribution in [0.15, 0.2) is 47.7 Å². The van der Waals surface area contributed by atoms with Crippen LogP contribution in [-0.4, -0.2) is 40.5 Å². The van der Waals surface area contributed by atoms with E-state index in [0.29, 0.717) is 13.0 Å². The molecule has 5 nitrogen and oxygen atoms in total. The lowest BCUT2D eigenvalue weighted by Gasteiger charge is -2.35. The second-order valence-corrected chi connectivity index (χ2v) is 9.19. The maximum absolute atomic E-state index is 14.4. The van der Waals surface area contributed by atoms with Gasteiger partial charge in [0.1, 0.15) is 22.5 Å². The molecule has 2 aromatic heterocycles. The number of nitrogens with zero attached hydrogens (tertiary/aromatic N) is 4. The maximum Gasteiger partial charge on any atom is 0.143 e. The lowest BCUT2D eigenvalue weighted by molar-refractivity contribution is 0.185. The number of hydrogen-bond donors (Lipinski definition) is 1. The van der Waals surface area contributed by atoms with Gasteiger partial charge in [0.25, 0.3) is 0 Å². The monoisotopic (exact) mass is 440 g/mol. The summed E-state index contributed by atoms with van der Waals surface area (Å²) >= 11 is 1.62. The Bertz CT molecular complexity index is 1110. The van der Waals surface area contributed by atoms with Crippen LogP contribution in [0.5, 0.6) is 0 Å². The second-order valence-electron chi connectivity index (χ2n) is 7.99. The molecule has 3 atom stereocenters. The first-order valence-electron chi connectivity index (χ1n) is 10.3. The largest absolute Gasteiger partial charge is 0.396 e. The minimum Gasteiger partial charge on any atom is -0.396 e. The normalized spacial score (nSPS) is 23.0. The quantitative estimate of drug-likeness (QED) is 0.652. The highest BCUT2D eigenvalue weighted by Crippen LogP contribution is 2.44. The van der Waals surface area contributed by atoms with E-state index in [2.05, 4.69) is 14.9 Å². The number of thiazole rings is 1. The van der Waals surface area contributed by atoms with E-state index in [4.69, 9.17) is 4.98 Å². The molecule has 3 aromatic rings. The molecule has 2 aliphatic rings. The van der Waals surface area contributed by atoms with E-state index in [1.54, 1.807) is 23.7 Å². The van der Waals surface area contributed by atoms with Crippen LogP contribution in [0.3, 0.4) is 0 Å². The Morgan fingerprint density at radius 1 is 1.19 bits per heavy atom. The fourth-order valence-electron chi connectivity index (χ4n) is 4.69. The summed E-state index contributed by atoms with van der Waals surface area (Å²) in [6.45, 7) is 3.22. The van der Waals surface area contributed by atoms with Crippen LogP contribution in [0.25, 0.3) is 10.6 Å². The van der Waals surface area contributed by atoms with Crippen molar-refractivity contribution >= 4 is 22.9 Å². The first-order chi connectivity index (χ1) is 15.1. The molecule has 0 bridgehead atoms. The number of aliphatic hydroxyl groups is 1. The maximum atomic E-state index is 14.4. The third kappa shape index (κ3) is 3.53. The number of halogens is 2. The van der Waals surface area contributed by atoms with Gasteiger partial charge in [-0.3, -0.25) is 9.98 Å². The Labute approximate surface area is 183 Å². The van der Waals surface area contributed by atoms with E-state index in [1.807, 2.05) is 19.1 Å². The number of aromatic nitrogens is 2. The fourth-order valence-corrected chi connectivity index (χ4v) is 5.62. The highest BCUT2D eigenvalue weighted by atomic mass is 32.1. The Balaban J connectivity index is 1.43. The molecule has 31 heavy (non-hydrogen) atoms. The van der Waals surface area contributed by atoms with E-state index in [0.717, 1.165) is 33.5 Å². The number of rotatable bonds is 4. The van der Waals surface area contributed by atoms with Gasteiger partial charge in [-0.2, -0.15) is 0 Å². The van der Waals surface area contributed by atoms with Gasteiger partial charge in [-0.05, 0) is 31.2 Å². The molecule has 1 fully saturated rings. The van der Waals surface area contributed by atoms with Crippen molar-refractivity contribution in [2.75, 3.05) is 24.6 Å². The van der Waals surface area contributed by atoms with Crippen LogP contribution in [0.4, 0.5) is 14.6 Å². The number of anilines is 1. The topological polar surface area (TPSA) is 61.6 Å². The van der Waals surface area contributed by atoms with Crippen molar-refractivity contribution in [1.29, 1.82) is 0 Å². The summed E-state index contributed by atoms with van der Waals surface area (Å²) in [4.78, 5) is 17.0. The van der Waals surface area contributed by atoms with Gasteiger partial charge in [-0.25, -0.2) is 13.8 Å². The molecule has 0 saturated carbocycles. The number of benzene rings is 1. The van der Waals surface area contributed by atoms with Gasteiger partial charge >= 0.3 is 0 Å². The van der Waals surface area contributed by atoms with Crippen molar-refractivity contribution in [1.82, 2.24) is 9.97 Å². The molecule has 1 aromatic carbocycles. The predicted octanol–water partition coefficient (Wildman–Crippen LogP) is 4.42. The number of fused-ring (bicyclic) bond motifs is 1. The third-order valence-electron chi connectivity index (χ3n) is 6.20. The van der Waals surface area contributed by atoms with Gasteiger partial charge in [0.2, 0.25) is 0 Å². The summed E-state index contributed by atoms with van der Waals surface area (Å²) < 4.78 is 28.9. The summed E-state index contributed by atoms with van der Waals surface area (Å²) in [6.07, 6.45) is 4.22. The summed E-state index contributed by atoms with van der Waals surface area (Å²) in [5, 5.41) is 11.0. The molecule has 1 saturated heterocycles. The average Bonchev–Trinajstić information content (AvgIpc) is 3.34. The van der Waals surface area contributed by atoms with Crippen molar-refractivity contribution < 1.29 is 13.9 Å². The number of hydrogen-bond acceptors (Lipinski definition) is 6. The van der Waals surface area contributed by atoms with E-state index in [1.165, 1.54) is 18.2 Å². The third-order valence-corrected chi connectivity index (χ3v) is 7.21. The Morgan fingerprint density at radius 2 is 2.00 bits per heavy atom. The lowest BCUT2D eigenvalue weighted by atomic mass is 9.81. The van der Waals surface area contributed by atoms with E-state index >= 15 is 0 Å². The van der Waals surface area contributed by atoms with Crippen molar-refractivity contribution in [2.45, 2.75) is 19.4 Å². The molecule has 0 spiro atoms. The molecule has 2 aliphatic heterocycles. The van der Waals surface area contributed by atoms with Crippen molar-refractivity contribution in [3.8, 4) is 10.6 Å². The Hall–Kier alpha value is -2.71. The van der Waals surface area contributed by atoms with Gasteiger partial charge in [0, 0.05) is 72.1 Å². The number of aliphatic imine (C=N–C) groups is 1. The molecular formula is C23H22F2N4OS. The number of pyridine rings is 1. The average molecular weight is 441 g/mol. The van der Waals surface area contributed by atoms with Crippen LogP contribution in [0.2, 0.25) is 0 Å². The zero-order chi connectivity index (χ0) is 21.5. The smallest absolute Gasteiger partial charge is 0.143 e. The molecule has 4 heterocycles. The summed E-state index contributed by atoms with van der Waals surface area (Å²) in [5.41, 5.74) is 1.87. The zero-order valence-corrected chi connectivity index (χ0v) is 17.8. The molecule has 3 unspecified atom stereocenters. The summed E-state index contributed by atoms with van der Waals surface area (Å²) in [7, 11) is 0. The first kappa shape index (κ1) is 20.2. The van der Waals surface area contributed by atoms with Crippen LogP contribution < -0.4 is 4.90 Å². The van der Waals surface area contributed by atoms with Crippen LogP contribution in [0, 0.1) is 30.4 Å². The van der Waals surface area contributed by atoms with Gasteiger partial charge in [0.05, 0.1) is 6.04 Å². The highest BCUT2D eigenvalue weighted by Gasteiger charge is 2.44. The minimum atomic E-state index is -0.700. The summed E-state index contributed by atoms with van der Waals surface area (Å²) in [6, 6.07) is 7.03. The summed E-state index contributed by atoms with van der Waals surface area (Å²) in [5.74, 6) is -0.730. The fraction of sp³-hybridized carbons (Fsp3) is 0.348. The predicted molar refractivity (Wildman–Crippen MR) is 118 cm³/mol.